The van der Waals surface area contributed by atoms with E-state index < -0.39 is 17.7 Å². The van der Waals surface area contributed by atoms with Gasteiger partial charge < -0.3 is 19.6 Å². The third-order valence-corrected chi connectivity index (χ3v) is 6.27. The van der Waals surface area contributed by atoms with Gasteiger partial charge in [-0.25, -0.2) is 0 Å². The smallest absolute Gasteiger partial charge is 0.295 e. The predicted octanol–water partition coefficient (Wildman–Crippen LogP) is 3.91. The van der Waals surface area contributed by atoms with Crippen molar-refractivity contribution in [3.8, 4) is 5.75 Å². The Bertz CT molecular complexity index is 902. The molecule has 30 heavy (non-hydrogen) atoms. The van der Waals surface area contributed by atoms with Crippen LogP contribution in [0.5, 0.6) is 5.75 Å². The third-order valence-electron chi connectivity index (χ3n) is 5.34. The number of Topliss-reactive ketones (excluding diaryl/α,β-unsaturated/α-hetero) is 1. The lowest BCUT2D eigenvalue weighted by atomic mass is 10.00. The monoisotopic (exact) mass is 428 g/mol. The van der Waals surface area contributed by atoms with Gasteiger partial charge in [0.05, 0.1) is 18.2 Å². The molecule has 1 aliphatic heterocycles. The van der Waals surface area contributed by atoms with Gasteiger partial charge in [0.25, 0.3) is 11.7 Å². The Hall–Kier alpha value is -2.64. The number of rotatable bonds is 9. The molecule has 3 rings (SSSR count). The molecule has 1 atom stereocenters. The molecule has 1 unspecified atom stereocenters. The quantitative estimate of drug-likeness (QED) is 0.373. The van der Waals surface area contributed by atoms with E-state index in [-0.39, 0.29) is 11.3 Å². The van der Waals surface area contributed by atoms with Crippen LogP contribution in [0.1, 0.15) is 37.3 Å². The molecule has 1 aromatic carbocycles. The van der Waals surface area contributed by atoms with E-state index in [9.17, 15) is 14.7 Å². The van der Waals surface area contributed by atoms with Crippen LogP contribution in [0.3, 0.4) is 0 Å². The van der Waals surface area contributed by atoms with Gasteiger partial charge in [-0.15, -0.1) is 11.3 Å². The van der Waals surface area contributed by atoms with E-state index >= 15 is 0 Å². The Kier molecular flexibility index (Phi) is 7.29. The maximum Gasteiger partial charge on any atom is 0.295 e. The highest BCUT2D eigenvalue weighted by Crippen LogP contribution is 2.41. The van der Waals surface area contributed by atoms with Gasteiger partial charge in [-0.1, -0.05) is 19.9 Å². The van der Waals surface area contributed by atoms with Crippen molar-refractivity contribution in [1.82, 2.24) is 9.80 Å². The van der Waals surface area contributed by atoms with Crippen LogP contribution in [0.15, 0.2) is 47.4 Å². The number of likely N-dealkylation sites (tertiary alicyclic amines) is 1. The number of thiophene rings is 1. The first-order valence-corrected chi connectivity index (χ1v) is 11.2. The third kappa shape index (κ3) is 4.42. The van der Waals surface area contributed by atoms with Gasteiger partial charge in [-0.2, -0.15) is 0 Å². The first-order chi connectivity index (χ1) is 14.5. The summed E-state index contributed by atoms with van der Waals surface area (Å²) in [6.07, 6.45) is 0. The maximum atomic E-state index is 12.9. The summed E-state index contributed by atoms with van der Waals surface area (Å²) in [5, 5.41) is 12.9. The van der Waals surface area contributed by atoms with Gasteiger partial charge in [0.1, 0.15) is 11.5 Å². The van der Waals surface area contributed by atoms with Crippen LogP contribution in [0.25, 0.3) is 5.76 Å². The number of aliphatic hydroxyl groups is 1. The van der Waals surface area contributed by atoms with Crippen molar-refractivity contribution in [2.24, 2.45) is 0 Å². The number of amides is 1. The largest absolute Gasteiger partial charge is 0.507 e. The van der Waals surface area contributed by atoms with Crippen LogP contribution < -0.4 is 4.74 Å². The summed E-state index contributed by atoms with van der Waals surface area (Å²) in [4.78, 5) is 30.5. The standard InChI is InChI=1S/C23H28N2O4S/c1-4-24(5-2)13-14-25-20(18-8-7-15-30-18)19(22(27)23(25)28)21(26)16-9-11-17(12-10-16)29-6-3/h7-12,15,20,26H,4-6,13-14H2,1-3H3/b21-19+. The molecule has 0 saturated carbocycles. The van der Waals surface area contributed by atoms with Crippen molar-refractivity contribution in [3.05, 3.63) is 57.8 Å². The van der Waals surface area contributed by atoms with Crippen molar-refractivity contribution in [1.29, 1.82) is 0 Å². The first kappa shape index (κ1) is 22.1. The number of carbonyl (C=O) groups excluding carboxylic acids is 2. The first-order valence-electron chi connectivity index (χ1n) is 10.3. The van der Waals surface area contributed by atoms with Crippen LogP contribution in [-0.2, 0) is 9.59 Å². The second kappa shape index (κ2) is 9.91. The fraction of sp³-hybridized carbons (Fsp3) is 0.391. The highest BCUT2D eigenvalue weighted by Gasteiger charge is 2.46. The summed E-state index contributed by atoms with van der Waals surface area (Å²) >= 11 is 1.47. The summed E-state index contributed by atoms with van der Waals surface area (Å²) in [7, 11) is 0. The topological polar surface area (TPSA) is 70.1 Å². The van der Waals surface area contributed by atoms with Crippen molar-refractivity contribution < 1.29 is 19.4 Å². The predicted molar refractivity (Wildman–Crippen MR) is 119 cm³/mol. The number of ether oxygens (including phenoxy) is 1. The molecule has 1 saturated heterocycles. The van der Waals surface area contributed by atoms with Gasteiger partial charge in [-0.3, -0.25) is 9.59 Å². The fourth-order valence-electron chi connectivity index (χ4n) is 3.67. The number of hydrogen-bond donors (Lipinski definition) is 1. The summed E-state index contributed by atoms with van der Waals surface area (Å²) in [6, 6.07) is 10.1. The second-order valence-electron chi connectivity index (χ2n) is 6.99. The molecule has 2 aromatic rings. The van der Waals surface area contributed by atoms with Gasteiger partial charge in [0.15, 0.2) is 0 Å². The number of nitrogens with zero attached hydrogens (tertiary/aromatic N) is 2. The molecule has 0 radical (unpaired) electrons. The molecule has 1 N–H and O–H groups in total. The number of benzene rings is 1. The zero-order valence-corrected chi connectivity index (χ0v) is 18.4. The van der Waals surface area contributed by atoms with Gasteiger partial charge in [0.2, 0.25) is 0 Å². The lowest BCUT2D eigenvalue weighted by Crippen LogP contribution is -2.37. The molecule has 0 spiro atoms. The van der Waals surface area contributed by atoms with Crippen molar-refractivity contribution in [3.63, 3.8) is 0 Å². The lowest BCUT2D eigenvalue weighted by molar-refractivity contribution is -0.140. The SMILES string of the molecule is CCOc1ccc(/C(O)=C2\C(=O)C(=O)N(CCN(CC)CC)C2c2cccs2)cc1. The van der Waals surface area contributed by atoms with Crippen molar-refractivity contribution >= 4 is 28.8 Å². The normalized spacial score (nSPS) is 18.4. The summed E-state index contributed by atoms with van der Waals surface area (Å²) in [6.45, 7) is 9.42. The van der Waals surface area contributed by atoms with E-state index in [0.717, 1.165) is 18.0 Å². The molecular formula is C23H28N2O4S. The average molecular weight is 429 g/mol. The van der Waals surface area contributed by atoms with E-state index in [1.807, 2.05) is 24.4 Å². The van der Waals surface area contributed by atoms with E-state index in [4.69, 9.17) is 4.74 Å². The molecule has 7 heteroatoms. The number of likely N-dealkylation sites (N-methyl/N-ethyl adjacent to an activating group) is 1. The summed E-state index contributed by atoms with van der Waals surface area (Å²) in [5.74, 6) is -0.670. The van der Waals surface area contributed by atoms with Crippen LogP contribution >= 0.6 is 11.3 Å². The minimum absolute atomic E-state index is 0.145. The van der Waals surface area contributed by atoms with Crippen molar-refractivity contribution in [2.75, 3.05) is 32.8 Å². The van der Waals surface area contributed by atoms with Gasteiger partial charge >= 0.3 is 0 Å². The van der Waals surface area contributed by atoms with Crippen molar-refractivity contribution in [2.45, 2.75) is 26.8 Å². The minimum Gasteiger partial charge on any atom is -0.507 e. The number of hydrogen-bond acceptors (Lipinski definition) is 6. The Morgan fingerprint density at radius 2 is 1.83 bits per heavy atom. The van der Waals surface area contributed by atoms with E-state index in [0.29, 0.717) is 31.0 Å². The Morgan fingerprint density at radius 3 is 2.40 bits per heavy atom. The lowest BCUT2D eigenvalue weighted by Gasteiger charge is -2.27. The average Bonchev–Trinajstić information content (AvgIpc) is 3.37. The summed E-state index contributed by atoms with van der Waals surface area (Å²) in [5.41, 5.74) is 0.632. The van der Waals surface area contributed by atoms with Gasteiger partial charge in [-0.05, 0) is 55.7 Å². The summed E-state index contributed by atoms with van der Waals surface area (Å²) < 4.78 is 5.45. The molecule has 0 aliphatic carbocycles. The second-order valence-corrected chi connectivity index (χ2v) is 7.97. The van der Waals surface area contributed by atoms with Crippen LogP contribution in [0.4, 0.5) is 0 Å². The fourth-order valence-corrected chi connectivity index (χ4v) is 4.52. The Balaban J connectivity index is 1.99. The molecule has 160 valence electrons. The molecule has 1 fully saturated rings. The molecule has 1 aliphatic rings. The molecule has 1 aromatic heterocycles. The molecule has 2 heterocycles. The molecule has 0 bridgehead atoms. The molecule has 1 amide bonds. The van der Waals surface area contributed by atoms with Crippen LogP contribution in [0.2, 0.25) is 0 Å². The molecule has 6 nitrogen and oxygen atoms in total. The number of carbonyl (C=O) groups is 2. The van der Waals surface area contributed by atoms with Gasteiger partial charge in [0, 0.05) is 23.5 Å². The zero-order valence-electron chi connectivity index (χ0n) is 17.6. The van der Waals surface area contributed by atoms with E-state index in [1.54, 1.807) is 29.2 Å². The Morgan fingerprint density at radius 1 is 1.13 bits per heavy atom. The Labute approximate surface area is 181 Å². The van der Waals surface area contributed by atoms with Crippen LogP contribution in [-0.4, -0.2) is 59.4 Å². The maximum absolute atomic E-state index is 12.9. The minimum atomic E-state index is -0.640. The zero-order chi connectivity index (χ0) is 21.7. The highest BCUT2D eigenvalue weighted by atomic mass is 32.1. The number of ketones is 1. The molecular weight excluding hydrogens is 400 g/mol. The highest BCUT2D eigenvalue weighted by molar-refractivity contribution is 7.10. The number of aliphatic hydroxyl groups excluding tert-OH is 1. The van der Waals surface area contributed by atoms with E-state index in [2.05, 4.69) is 18.7 Å². The van der Waals surface area contributed by atoms with E-state index in [1.165, 1.54) is 11.3 Å². The van der Waals surface area contributed by atoms with Crippen LogP contribution in [0, 0.1) is 0 Å².